The third-order valence-electron chi connectivity index (χ3n) is 6.28. The lowest BCUT2D eigenvalue weighted by atomic mass is 10.0. The maximum absolute atomic E-state index is 12.2. The van der Waals surface area contributed by atoms with E-state index in [2.05, 4.69) is 49.5 Å². The number of carbonyl (C=O) groups excluding carboxylic acids is 1. The maximum Gasteiger partial charge on any atom is 0.224 e. The van der Waals surface area contributed by atoms with E-state index in [-0.39, 0.29) is 5.91 Å². The number of rotatable bonds is 7. The normalized spacial score (nSPS) is 11.4. The maximum atomic E-state index is 12.2. The molecule has 5 aromatic heterocycles. The number of aromatic nitrogens is 5. The third kappa shape index (κ3) is 4.02. The molecular formula is C28H24N6O2. The fraction of sp³-hybridized carbons (Fsp3) is 0.143. The van der Waals surface area contributed by atoms with Crippen LogP contribution in [0.4, 0.5) is 5.69 Å². The van der Waals surface area contributed by atoms with Crippen molar-refractivity contribution in [1.29, 1.82) is 0 Å². The van der Waals surface area contributed by atoms with E-state index in [0.717, 1.165) is 62.8 Å². The number of hydrogen-bond donors (Lipinski definition) is 3. The van der Waals surface area contributed by atoms with Crippen LogP contribution in [-0.2, 0) is 4.79 Å². The molecule has 8 heteroatoms. The molecule has 0 atom stereocenters. The Morgan fingerprint density at radius 2 is 1.94 bits per heavy atom. The van der Waals surface area contributed by atoms with Crippen LogP contribution in [0.25, 0.3) is 55.6 Å². The predicted molar refractivity (Wildman–Crippen MR) is 140 cm³/mol. The van der Waals surface area contributed by atoms with Crippen molar-refractivity contribution in [3.63, 3.8) is 0 Å². The van der Waals surface area contributed by atoms with Crippen LogP contribution in [0.2, 0.25) is 0 Å². The van der Waals surface area contributed by atoms with Gasteiger partial charge in [0.05, 0.1) is 30.1 Å². The van der Waals surface area contributed by atoms with Gasteiger partial charge in [0, 0.05) is 51.8 Å². The van der Waals surface area contributed by atoms with Gasteiger partial charge in [-0.15, -0.1) is 0 Å². The predicted octanol–water partition coefficient (Wildman–Crippen LogP) is 6.56. The Balaban J connectivity index is 1.37. The molecule has 1 aromatic carbocycles. The number of carbonyl (C=O) groups is 1. The summed E-state index contributed by atoms with van der Waals surface area (Å²) in [5.41, 5.74) is 7.91. The van der Waals surface area contributed by atoms with Gasteiger partial charge in [-0.05, 0) is 42.3 Å². The first kappa shape index (κ1) is 21.8. The monoisotopic (exact) mass is 476 g/mol. The molecular weight excluding hydrogens is 452 g/mol. The number of nitrogens with zero attached hydrogens (tertiary/aromatic N) is 3. The van der Waals surface area contributed by atoms with E-state index in [9.17, 15) is 4.79 Å². The number of benzene rings is 1. The molecule has 5 heterocycles. The summed E-state index contributed by atoms with van der Waals surface area (Å²) in [4.78, 5) is 24.6. The third-order valence-corrected chi connectivity index (χ3v) is 6.28. The van der Waals surface area contributed by atoms with Crippen molar-refractivity contribution in [2.75, 3.05) is 5.32 Å². The molecule has 0 saturated carbocycles. The molecule has 3 N–H and O–H groups in total. The van der Waals surface area contributed by atoms with Crippen molar-refractivity contribution in [1.82, 2.24) is 25.1 Å². The Labute approximate surface area is 206 Å². The molecule has 0 unspecified atom stereocenters. The van der Waals surface area contributed by atoms with E-state index in [4.69, 9.17) is 4.42 Å². The summed E-state index contributed by atoms with van der Waals surface area (Å²) >= 11 is 0. The number of anilines is 1. The van der Waals surface area contributed by atoms with Gasteiger partial charge in [0.15, 0.2) is 5.65 Å². The Morgan fingerprint density at radius 1 is 1.03 bits per heavy atom. The zero-order valence-corrected chi connectivity index (χ0v) is 19.7. The van der Waals surface area contributed by atoms with Gasteiger partial charge >= 0.3 is 0 Å². The first-order valence-electron chi connectivity index (χ1n) is 11.9. The van der Waals surface area contributed by atoms with Gasteiger partial charge in [-0.2, -0.15) is 5.10 Å². The highest BCUT2D eigenvalue weighted by Gasteiger charge is 2.15. The second kappa shape index (κ2) is 9.14. The van der Waals surface area contributed by atoms with Crippen LogP contribution in [0.1, 0.15) is 26.2 Å². The van der Waals surface area contributed by atoms with Crippen molar-refractivity contribution in [3.8, 4) is 33.6 Å². The number of unbranched alkanes of at least 4 members (excludes halogenated alkanes) is 1. The molecule has 0 spiro atoms. The van der Waals surface area contributed by atoms with E-state index in [1.165, 1.54) is 0 Å². The average molecular weight is 477 g/mol. The van der Waals surface area contributed by atoms with Crippen LogP contribution >= 0.6 is 0 Å². The number of hydrogen-bond acceptors (Lipinski definition) is 5. The average Bonchev–Trinajstić information content (AvgIpc) is 3.66. The Hall–Kier alpha value is -4.72. The minimum Gasteiger partial charge on any atom is -0.472 e. The summed E-state index contributed by atoms with van der Waals surface area (Å²) in [6.07, 6.45) is 11.0. The van der Waals surface area contributed by atoms with Crippen LogP contribution < -0.4 is 5.32 Å². The highest BCUT2D eigenvalue weighted by Crippen LogP contribution is 2.35. The van der Waals surface area contributed by atoms with Crippen LogP contribution in [-0.4, -0.2) is 31.1 Å². The van der Waals surface area contributed by atoms with Crippen molar-refractivity contribution in [2.24, 2.45) is 0 Å². The molecule has 0 aliphatic rings. The first-order valence-corrected chi connectivity index (χ1v) is 11.9. The highest BCUT2D eigenvalue weighted by molar-refractivity contribution is 6.01. The summed E-state index contributed by atoms with van der Waals surface area (Å²) in [5, 5.41) is 12.5. The molecule has 0 radical (unpaired) electrons. The molecule has 0 bridgehead atoms. The van der Waals surface area contributed by atoms with Crippen molar-refractivity contribution < 1.29 is 9.21 Å². The highest BCUT2D eigenvalue weighted by atomic mass is 16.3. The summed E-state index contributed by atoms with van der Waals surface area (Å²) in [6.45, 7) is 2.07. The molecule has 178 valence electrons. The van der Waals surface area contributed by atoms with E-state index in [1.54, 1.807) is 31.1 Å². The summed E-state index contributed by atoms with van der Waals surface area (Å²) in [5.74, 6) is -0.00454. The van der Waals surface area contributed by atoms with Gasteiger partial charge < -0.3 is 14.7 Å². The van der Waals surface area contributed by atoms with Gasteiger partial charge in [-0.25, -0.2) is 4.98 Å². The molecule has 0 aliphatic carbocycles. The van der Waals surface area contributed by atoms with Gasteiger partial charge in [0.1, 0.15) is 5.69 Å². The minimum absolute atomic E-state index is 0.00454. The lowest BCUT2D eigenvalue weighted by Crippen LogP contribution is -2.11. The van der Waals surface area contributed by atoms with Crippen molar-refractivity contribution in [2.45, 2.75) is 26.2 Å². The molecule has 6 rings (SSSR count). The number of amides is 1. The second-order valence-corrected chi connectivity index (χ2v) is 8.77. The Bertz CT molecular complexity index is 1680. The van der Waals surface area contributed by atoms with Crippen LogP contribution in [0.3, 0.4) is 0 Å². The summed E-state index contributed by atoms with van der Waals surface area (Å²) < 4.78 is 5.29. The fourth-order valence-corrected chi connectivity index (χ4v) is 4.45. The number of aromatic amines is 2. The molecule has 8 nitrogen and oxygen atoms in total. The number of H-pyrrole nitrogens is 2. The molecule has 6 aromatic rings. The molecule has 1 amide bonds. The summed E-state index contributed by atoms with van der Waals surface area (Å²) in [7, 11) is 0. The number of nitrogens with one attached hydrogen (secondary N) is 3. The topological polar surface area (TPSA) is 112 Å². The van der Waals surface area contributed by atoms with Gasteiger partial charge in [-0.3, -0.25) is 14.9 Å². The first-order chi connectivity index (χ1) is 17.7. The lowest BCUT2D eigenvalue weighted by Gasteiger charge is -2.07. The molecule has 0 saturated heterocycles. The summed E-state index contributed by atoms with van der Waals surface area (Å²) in [6, 6.07) is 14.2. The van der Waals surface area contributed by atoms with Crippen LogP contribution in [0.15, 0.2) is 78.0 Å². The smallest absolute Gasteiger partial charge is 0.224 e. The zero-order valence-electron chi connectivity index (χ0n) is 19.7. The van der Waals surface area contributed by atoms with E-state index in [0.29, 0.717) is 17.8 Å². The standard InChI is InChI=1S/C28H24N6O2/c1-2-3-7-26(35)31-20-10-18(13-29-15-20)19-11-23-27(33-34-28(23)30-14-19)25-12-22-21(17-8-9-36-16-17)5-4-6-24(22)32-25/h4-6,8-16,32H,2-3,7H2,1H3,(H,31,35)(H,30,33,34). The molecule has 0 fully saturated rings. The number of pyridine rings is 2. The van der Waals surface area contributed by atoms with Crippen molar-refractivity contribution >= 4 is 33.5 Å². The van der Waals surface area contributed by atoms with Gasteiger partial charge in [0.2, 0.25) is 5.91 Å². The van der Waals surface area contributed by atoms with Crippen LogP contribution in [0.5, 0.6) is 0 Å². The van der Waals surface area contributed by atoms with E-state index in [1.807, 2.05) is 30.3 Å². The SMILES string of the molecule is CCCCC(=O)Nc1cncc(-c2cnc3[nH]nc(-c4cc5c(-c6ccoc6)cccc5[nH]4)c3c2)c1. The fourth-order valence-electron chi connectivity index (χ4n) is 4.45. The number of furan rings is 1. The van der Waals surface area contributed by atoms with Crippen molar-refractivity contribution in [3.05, 3.63) is 73.6 Å². The second-order valence-electron chi connectivity index (χ2n) is 8.77. The number of fused-ring (bicyclic) bond motifs is 2. The largest absolute Gasteiger partial charge is 0.472 e. The van der Waals surface area contributed by atoms with E-state index >= 15 is 0 Å². The quantitative estimate of drug-likeness (QED) is 0.242. The Kier molecular flexibility index (Phi) is 5.53. The molecule has 0 aliphatic heterocycles. The zero-order chi connectivity index (χ0) is 24.5. The van der Waals surface area contributed by atoms with Crippen LogP contribution in [0, 0.1) is 0 Å². The Morgan fingerprint density at radius 3 is 2.81 bits per heavy atom. The van der Waals surface area contributed by atoms with E-state index < -0.39 is 0 Å². The van der Waals surface area contributed by atoms with Gasteiger partial charge in [0.25, 0.3) is 0 Å². The molecule has 36 heavy (non-hydrogen) atoms. The lowest BCUT2D eigenvalue weighted by molar-refractivity contribution is -0.116. The minimum atomic E-state index is -0.00454. The van der Waals surface area contributed by atoms with Gasteiger partial charge in [-0.1, -0.05) is 25.5 Å².